The Morgan fingerprint density at radius 2 is 0.860 bits per heavy atom. The van der Waals surface area contributed by atoms with Crippen molar-refractivity contribution in [1.82, 2.24) is 10.6 Å². The van der Waals surface area contributed by atoms with E-state index < -0.39 is 0 Å². The maximum Gasteiger partial charge on any atom is 0.261 e. The Morgan fingerprint density at radius 1 is 0.491 bits per heavy atom. The lowest BCUT2D eigenvalue weighted by Crippen LogP contribution is -2.22. The third-order valence-corrected chi connectivity index (χ3v) is 14.4. The Kier molecular flexibility index (Phi) is 7.95. The molecule has 0 bridgehead atoms. The van der Waals surface area contributed by atoms with Gasteiger partial charge in [-0.2, -0.15) is 0 Å². The van der Waals surface area contributed by atoms with Crippen molar-refractivity contribution >= 4 is 110 Å². The molecule has 0 spiro atoms. The Balaban J connectivity index is 0.829. The summed E-state index contributed by atoms with van der Waals surface area (Å²) in [4.78, 5) is 31.2. The van der Waals surface area contributed by atoms with Crippen LogP contribution in [0.5, 0.6) is 0 Å². The number of amides is 2. The lowest BCUT2D eigenvalue weighted by molar-refractivity contribution is 0.0947. The molecule has 2 amide bonds. The Hall–Kier alpha value is -6.08. The van der Waals surface area contributed by atoms with Crippen molar-refractivity contribution in [2.45, 2.75) is 46.2 Å². The average molecular weight is 775 g/mol. The van der Waals surface area contributed by atoms with E-state index in [1.54, 1.807) is 22.7 Å². The van der Waals surface area contributed by atoms with Gasteiger partial charge in [0, 0.05) is 22.8 Å². The summed E-state index contributed by atoms with van der Waals surface area (Å²) in [7, 11) is 0. The van der Waals surface area contributed by atoms with Crippen molar-refractivity contribution in [2.24, 2.45) is 0 Å². The molecule has 0 saturated heterocycles. The molecule has 0 saturated carbocycles. The summed E-state index contributed by atoms with van der Waals surface area (Å²) < 4.78 is 0. The van der Waals surface area contributed by atoms with Gasteiger partial charge in [-0.3, -0.25) is 9.59 Å². The van der Waals surface area contributed by atoms with Gasteiger partial charge in [0.2, 0.25) is 0 Å². The Labute approximate surface area is 338 Å². The zero-order chi connectivity index (χ0) is 38.4. The molecular weight excluding hydrogens is 737 g/mol. The van der Waals surface area contributed by atoms with E-state index in [0.29, 0.717) is 13.1 Å². The second kappa shape index (κ2) is 13.3. The molecule has 2 aromatic heterocycles. The molecule has 2 heterocycles. The first kappa shape index (κ1) is 34.2. The number of nitrogens with one attached hydrogen (secondary N) is 2. The van der Waals surface area contributed by atoms with E-state index in [0.717, 1.165) is 61.0 Å². The molecule has 1 aliphatic rings. The number of allylic oxidation sites excluding steroid dienone is 2. The average Bonchev–Trinajstić information content (AvgIpc) is 3.98. The van der Waals surface area contributed by atoms with Crippen LogP contribution in [0.3, 0.4) is 0 Å². The number of thiophene rings is 2. The van der Waals surface area contributed by atoms with E-state index in [4.69, 9.17) is 0 Å². The topological polar surface area (TPSA) is 58.2 Å². The number of hydrogen-bond donors (Lipinski definition) is 2. The van der Waals surface area contributed by atoms with E-state index >= 15 is 0 Å². The molecule has 0 fully saturated rings. The molecule has 276 valence electrons. The van der Waals surface area contributed by atoms with E-state index in [2.05, 4.69) is 146 Å². The van der Waals surface area contributed by atoms with Crippen LogP contribution in [0.25, 0.3) is 75.8 Å². The number of benzene rings is 8. The van der Waals surface area contributed by atoms with Crippen LogP contribution in [0.4, 0.5) is 0 Å². The molecule has 4 nitrogen and oxygen atoms in total. The van der Waals surface area contributed by atoms with Crippen LogP contribution in [0, 0.1) is 13.8 Å². The minimum atomic E-state index is -0.0458. The van der Waals surface area contributed by atoms with Crippen LogP contribution in [-0.2, 0) is 13.1 Å². The second-order valence-electron chi connectivity index (χ2n) is 15.5. The van der Waals surface area contributed by atoms with Crippen LogP contribution >= 0.6 is 22.7 Å². The quantitative estimate of drug-likeness (QED) is 0.151. The van der Waals surface area contributed by atoms with Gasteiger partial charge in [0.15, 0.2) is 0 Å². The van der Waals surface area contributed by atoms with Gasteiger partial charge in [0.25, 0.3) is 11.8 Å². The summed E-state index contributed by atoms with van der Waals surface area (Å²) in [6, 6.07) is 43.3. The zero-order valence-corrected chi connectivity index (χ0v) is 33.3. The maximum atomic E-state index is 13.7. The van der Waals surface area contributed by atoms with Gasteiger partial charge in [-0.25, -0.2) is 0 Å². The van der Waals surface area contributed by atoms with E-state index in [9.17, 15) is 9.59 Å². The van der Waals surface area contributed by atoms with Crippen LogP contribution in [0.1, 0.15) is 70.6 Å². The van der Waals surface area contributed by atoms with Gasteiger partial charge >= 0.3 is 0 Å². The highest BCUT2D eigenvalue weighted by atomic mass is 32.1. The molecule has 10 aromatic rings. The van der Waals surface area contributed by atoms with Gasteiger partial charge in [0.05, 0.1) is 9.75 Å². The molecule has 0 aliphatic heterocycles. The van der Waals surface area contributed by atoms with Gasteiger partial charge in [-0.05, 0) is 143 Å². The maximum absolute atomic E-state index is 13.7. The summed E-state index contributed by atoms with van der Waals surface area (Å²) >= 11 is 3.13. The third-order valence-electron chi connectivity index (χ3n) is 12.3. The molecular formula is C51H38N2O2S2. The van der Waals surface area contributed by atoms with Crippen LogP contribution < -0.4 is 10.6 Å². The monoisotopic (exact) mass is 774 g/mol. The molecule has 0 atom stereocenters. The first-order valence-electron chi connectivity index (χ1n) is 19.7. The number of carbonyl (C=O) groups is 2. The molecule has 0 radical (unpaired) electrons. The standard InChI is InChI=1S/C51H38N2O2S2/c1-28-42(24-44(56-28)50(54)52-26-36-18-16-34-14-12-30-6-3-8-32-20-22-38(36)48(34)46(30)32)40-10-5-11-41(40)43-25-45(57-29(43)2)51(55)53-27-37-19-17-35-15-13-31-7-4-9-33-21-23-39(37)49(35)47(31)33/h3-4,6-9,12-25H,5,10-11,26-27H2,1-2H3,(H,52,54)(H,53,55). The fourth-order valence-corrected chi connectivity index (χ4v) is 11.5. The van der Waals surface area contributed by atoms with Crippen molar-refractivity contribution in [3.8, 4) is 0 Å². The lowest BCUT2D eigenvalue weighted by atomic mass is 9.92. The summed E-state index contributed by atoms with van der Waals surface area (Å²) in [5.74, 6) is -0.0916. The largest absolute Gasteiger partial charge is 0.347 e. The van der Waals surface area contributed by atoms with Gasteiger partial charge in [-0.1, -0.05) is 109 Å². The normalized spacial score (nSPS) is 13.4. The number of aryl methyl sites for hydroxylation is 2. The molecule has 2 N–H and O–H groups in total. The highest BCUT2D eigenvalue weighted by Gasteiger charge is 2.25. The molecule has 8 aromatic carbocycles. The van der Waals surface area contributed by atoms with Crippen LogP contribution in [-0.4, -0.2) is 11.8 Å². The van der Waals surface area contributed by atoms with Crippen LogP contribution in [0.2, 0.25) is 0 Å². The summed E-state index contributed by atoms with van der Waals surface area (Å²) in [6.45, 7) is 5.17. The smallest absolute Gasteiger partial charge is 0.261 e. The van der Waals surface area contributed by atoms with Gasteiger partial charge in [0.1, 0.15) is 0 Å². The van der Waals surface area contributed by atoms with Crippen molar-refractivity contribution in [3.63, 3.8) is 0 Å². The summed E-state index contributed by atoms with van der Waals surface area (Å²) in [5.41, 5.74) is 7.16. The van der Waals surface area contributed by atoms with Crippen molar-refractivity contribution in [3.05, 3.63) is 163 Å². The minimum Gasteiger partial charge on any atom is -0.347 e. The van der Waals surface area contributed by atoms with Gasteiger partial charge in [-0.15, -0.1) is 22.7 Å². The molecule has 0 unspecified atom stereocenters. The summed E-state index contributed by atoms with van der Waals surface area (Å²) in [6.07, 6.45) is 2.98. The SMILES string of the molecule is Cc1sc(C(=O)NCc2ccc3ccc4cccc5ccc2c3c45)cc1C1=C(c2cc(C(=O)NCc3ccc4ccc5cccc6ccc3c4c56)sc2C)CCC1. The Bertz CT molecular complexity index is 3040. The molecule has 6 heteroatoms. The Morgan fingerprint density at radius 3 is 1.28 bits per heavy atom. The molecule has 57 heavy (non-hydrogen) atoms. The first-order chi connectivity index (χ1) is 27.9. The lowest BCUT2D eigenvalue weighted by Gasteiger charge is -2.14. The number of carbonyl (C=O) groups excluding carboxylic acids is 2. The molecule has 11 rings (SSSR count). The summed E-state index contributed by atoms with van der Waals surface area (Å²) in [5, 5.41) is 21.4. The second-order valence-corrected chi connectivity index (χ2v) is 18.0. The highest BCUT2D eigenvalue weighted by Crippen LogP contribution is 2.45. The van der Waals surface area contributed by atoms with Gasteiger partial charge < -0.3 is 10.6 Å². The fourth-order valence-electron chi connectivity index (χ4n) is 9.55. The fraction of sp³-hybridized carbons (Fsp3) is 0.137. The van der Waals surface area contributed by atoms with E-state index in [1.807, 2.05) is 0 Å². The van der Waals surface area contributed by atoms with Crippen molar-refractivity contribution < 1.29 is 9.59 Å². The number of rotatable bonds is 8. The zero-order valence-electron chi connectivity index (χ0n) is 31.7. The van der Waals surface area contributed by atoms with Crippen molar-refractivity contribution in [2.75, 3.05) is 0 Å². The van der Waals surface area contributed by atoms with Crippen molar-refractivity contribution in [1.29, 1.82) is 0 Å². The van der Waals surface area contributed by atoms with Crippen LogP contribution in [0.15, 0.2) is 121 Å². The highest BCUT2D eigenvalue weighted by molar-refractivity contribution is 7.14. The predicted molar refractivity (Wildman–Crippen MR) is 241 cm³/mol. The predicted octanol–water partition coefficient (Wildman–Crippen LogP) is 13.2. The minimum absolute atomic E-state index is 0.0458. The van der Waals surface area contributed by atoms with E-state index in [1.165, 1.54) is 75.8 Å². The van der Waals surface area contributed by atoms with E-state index in [-0.39, 0.29) is 11.8 Å². The number of hydrogen-bond acceptors (Lipinski definition) is 4. The molecule has 1 aliphatic carbocycles. The first-order valence-corrected chi connectivity index (χ1v) is 21.3. The third kappa shape index (κ3) is 5.53.